The van der Waals surface area contributed by atoms with Crippen LogP contribution < -0.4 is 4.74 Å². The fourth-order valence-corrected chi connectivity index (χ4v) is 3.00. The predicted molar refractivity (Wildman–Crippen MR) is 92.6 cm³/mol. The molecular formula is C20H24FNO2. The Hall–Kier alpha value is -1.91. The van der Waals surface area contributed by atoms with Gasteiger partial charge in [0.1, 0.15) is 18.2 Å². The number of hydrogen-bond donors (Lipinski definition) is 0. The molecule has 1 aliphatic rings. The zero-order valence-electron chi connectivity index (χ0n) is 14.1. The highest BCUT2D eigenvalue weighted by atomic mass is 19.1. The smallest absolute Gasteiger partial charge is 0.123 e. The summed E-state index contributed by atoms with van der Waals surface area (Å²) in [6.45, 7) is 6.97. The van der Waals surface area contributed by atoms with Crippen LogP contribution in [0.5, 0.6) is 5.75 Å². The van der Waals surface area contributed by atoms with E-state index in [1.54, 1.807) is 6.07 Å². The molecule has 0 spiro atoms. The van der Waals surface area contributed by atoms with Crippen LogP contribution in [0, 0.1) is 5.82 Å². The van der Waals surface area contributed by atoms with E-state index in [1.807, 2.05) is 19.1 Å². The first-order valence-electron chi connectivity index (χ1n) is 8.53. The Bertz CT molecular complexity index is 674. The Labute approximate surface area is 143 Å². The van der Waals surface area contributed by atoms with E-state index >= 15 is 0 Å². The minimum atomic E-state index is -0.228. The van der Waals surface area contributed by atoms with Crippen LogP contribution in [0.2, 0.25) is 0 Å². The van der Waals surface area contributed by atoms with Gasteiger partial charge in [-0.1, -0.05) is 18.2 Å². The SMILES string of the molecule is CCOCCN1CCc2cc(OCc3cccc(F)c3)ccc2C1. The number of rotatable bonds is 7. The van der Waals surface area contributed by atoms with Crippen molar-refractivity contribution in [3.8, 4) is 5.75 Å². The summed E-state index contributed by atoms with van der Waals surface area (Å²) in [5, 5.41) is 0. The second-order valence-electron chi connectivity index (χ2n) is 6.07. The molecule has 0 atom stereocenters. The van der Waals surface area contributed by atoms with E-state index in [-0.39, 0.29) is 5.82 Å². The molecule has 0 aromatic heterocycles. The van der Waals surface area contributed by atoms with E-state index in [9.17, 15) is 4.39 Å². The van der Waals surface area contributed by atoms with Crippen molar-refractivity contribution < 1.29 is 13.9 Å². The van der Waals surface area contributed by atoms with Crippen LogP contribution in [0.15, 0.2) is 42.5 Å². The van der Waals surface area contributed by atoms with Gasteiger partial charge in [0.05, 0.1) is 6.61 Å². The lowest BCUT2D eigenvalue weighted by atomic mass is 9.99. The van der Waals surface area contributed by atoms with Crippen LogP contribution in [0.4, 0.5) is 4.39 Å². The molecule has 0 fully saturated rings. The molecule has 0 bridgehead atoms. The Morgan fingerprint density at radius 3 is 2.88 bits per heavy atom. The van der Waals surface area contributed by atoms with Gasteiger partial charge in [-0.2, -0.15) is 0 Å². The summed E-state index contributed by atoms with van der Waals surface area (Å²) in [6.07, 6.45) is 1.03. The molecule has 128 valence electrons. The Balaban J connectivity index is 1.57. The summed E-state index contributed by atoms with van der Waals surface area (Å²) < 4.78 is 24.5. The highest BCUT2D eigenvalue weighted by molar-refractivity contribution is 5.37. The quantitative estimate of drug-likeness (QED) is 0.721. The average molecular weight is 329 g/mol. The fraction of sp³-hybridized carbons (Fsp3) is 0.400. The van der Waals surface area contributed by atoms with Gasteiger partial charge in [0.2, 0.25) is 0 Å². The molecule has 2 aromatic rings. The van der Waals surface area contributed by atoms with Gasteiger partial charge >= 0.3 is 0 Å². The number of benzene rings is 2. The number of ether oxygens (including phenoxy) is 2. The van der Waals surface area contributed by atoms with Crippen LogP contribution in [0.25, 0.3) is 0 Å². The van der Waals surface area contributed by atoms with Crippen LogP contribution in [0.1, 0.15) is 23.6 Å². The van der Waals surface area contributed by atoms with Crippen molar-refractivity contribution in [2.75, 3.05) is 26.3 Å². The van der Waals surface area contributed by atoms with Crippen LogP contribution in [-0.4, -0.2) is 31.2 Å². The molecule has 0 radical (unpaired) electrons. The highest BCUT2D eigenvalue weighted by Gasteiger charge is 2.16. The Morgan fingerprint density at radius 2 is 2.04 bits per heavy atom. The van der Waals surface area contributed by atoms with Gasteiger partial charge in [0, 0.05) is 26.2 Å². The first-order valence-corrected chi connectivity index (χ1v) is 8.53. The van der Waals surface area contributed by atoms with E-state index in [4.69, 9.17) is 9.47 Å². The third-order valence-corrected chi connectivity index (χ3v) is 4.32. The molecule has 0 saturated heterocycles. The molecule has 1 heterocycles. The standard InChI is InChI=1S/C20H24FNO2/c1-2-23-11-10-22-9-8-17-13-20(7-6-18(17)14-22)24-15-16-4-3-5-19(21)12-16/h3-7,12-13H,2,8-11,14-15H2,1H3. The molecule has 3 nitrogen and oxygen atoms in total. The zero-order valence-corrected chi connectivity index (χ0v) is 14.1. The molecular weight excluding hydrogens is 305 g/mol. The van der Waals surface area contributed by atoms with Crippen molar-refractivity contribution in [1.82, 2.24) is 4.90 Å². The summed E-state index contributed by atoms with van der Waals surface area (Å²) in [5.74, 6) is 0.620. The minimum absolute atomic E-state index is 0.228. The summed E-state index contributed by atoms with van der Waals surface area (Å²) in [4.78, 5) is 2.42. The molecule has 0 amide bonds. The number of hydrogen-bond acceptors (Lipinski definition) is 3. The maximum absolute atomic E-state index is 13.2. The molecule has 0 saturated carbocycles. The van der Waals surface area contributed by atoms with Crippen molar-refractivity contribution >= 4 is 0 Å². The summed E-state index contributed by atoms with van der Waals surface area (Å²) in [6, 6.07) is 12.8. The van der Waals surface area contributed by atoms with Gasteiger partial charge in [-0.25, -0.2) is 4.39 Å². The lowest BCUT2D eigenvalue weighted by Gasteiger charge is -2.28. The highest BCUT2D eigenvalue weighted by Crippen LogP contribution is 2.24. The van der Waals surface area contributed by atoms with Crippen molar-refractivity contribution in [2.45, 2.75) is 26.5 Å². The summed E-state index contributed by atoms with van der Waals surface area (Å²) in [5.41, 5.74) is 3.55. The van der Waals surface area contributed by atoms with E-state index in [0.29, 0.717) is 6.61 Å². The van der Waals surface area contributed by atoms with Crippen LogP contribution in [-0.2, 0) is 24.3 Å². The second-order valence-corrected chi connectivity index (χ2v) is 6.07. The molecule has 3 rings (SSSR count). The van der Waals surface area contributed by atoms with Crippen LogP contribution >= 0.6 is 0 Å². The fourth-order valence-electron chi connectivity index (χ4n) is 3.00. The van der Waals surface area contributed by atoms with E-state index in [2.05, 4.69) is 17.0 Å². The average Bonchev–Trinajstić information content (AvgIpc) is 2.60. The van der Waals surface area contributed by atoms with Gasteiger partial charge in [-0.3, -0.25) is 4.90 Å². The lowest BCUT2D eigenvalue weighted by Crippen LogP contribution is -2.33. The monoisotopic (exact) mass is 329 g/mol. The molecule has 0 N–H and O–H groups in total. The lowest BCUT2D eigenvalue weighted by molar-refractivity contribution is 0.108. The van der Waals surface area contributed by atoms with Gasteiger partial charge in [0.25, 0.3) is 0 Å². The van der Waals surface area contributed by atoms with E-state index < -0.39 is 0 Å². The third-order valence-electron chi connectivity index (χ3n) is 4.32. The maximum atomic E-state index is 13.2. The molecule has 1 aliphatic heterocycles. The van der Waals surface area contributed by atoms with Crippen molar-refractivity contribution in [1.29, 1.82) is 0 Å². The first kappa shape index (κ1) is 16.9. The summed E-state index contributed by atoms with van der Waals surface area (Å²) >= 11 is 0. The van der Waals surface area contributed by atoms with E-state index in [0.717, 1.165) is 50.6 Å². The summed E-state index contributed by atoms with van der Waals surface area (Å²) in [7, 11) is 0. The van der Waals surface area contributed by atoms with Crippen molar-refractivity contribution in [3.63, 3.8) is 0 Å². The van der Waals surface area contributed by atoms with Gasteiger partial charge in [-0.05, 0) is 54.3 Å². The Morgan fingerprint density at radius 1 is 1.12 bits per heavy atom. The van der Waals surface area contributed by atoms with Gasteiger partial charge < -0.3 is 9.47 Å². The van der Waals surface area contributed by atoms with Gasteiger partial charge in [0.15, 0.2) is 0 Å². The van der Waals surface area contributed by atoms with E-state index in [1.165, 1.54) is 23.3 Å². The van der Waals surface area contributed by atoms with Crippen LogP contribution in [0.3, 0.4) is 0 Å². The molecule has 4 heteroatoms. The number of nitrogens with zero attached hydrogens (tertiary/aromatic N) is 1. The number of fused-ring (bicyclic) bond motifs is 1. The normalized spacial score (nSPS) is 14.4. The molecule has 24 heavy (non-hydrogen) atoms. The number of halogens is 1. The largest absolute Gasteiger partial charge is 0.489 e. The second kappa shape index (κ2) is 8.27. The first-order chi connectivity index (χ1) is 11.7. The Kier molecular flexibility index (Phi) is 5.83. The van der Waals surface area contributed by atoms with Crippen molar-refractivity contribution in [2.24, 2.45) is 0 Å². The van der Waals surface area contributed by atoms with Gasteiger partial charge in [-0.15, -0.1) is 0 Å². The van der Waals surface area contributed by atoms with Crippen molar-refractivity contribution in [3.05, 3.63) is 65.0 Å². The molecule has 2 aromatic carbocycles. The minimum Gasteiger partial charge on any atom is -0.489 e. The molecule has 0 unspecified atom stereocenters. The third kappa shape index (κ3) is 4.56. The molecule has 0 aliphatic carbocycles. The predicted octanol–water partition coefficient (Wildman–Crippen LogP) is 3.80. The maximum Gasteiger partial charge on any atom is 0.123 e. The topological polar surface area (TPSA) is 21.7 Å². The zero-order chi connectivity index (χ0) is 16.8.